The summed E-state index contributed by atoms with van der Waals surface area (Å²) in [6.45, 7) is 3.91. The van der Waals surface area contributed by atoms with Crippen LogP contribution in [-0.2, 0) is 4.79 Å². The van der Waals surface area contributed by atoms with E-state index in [2.05, 4.69) is 5.10 Å². The fourth-order valence-electron chi connectivity index (χ4n) is 1.71. The Hall–Kier alpha value is -1.84. The van der Waals surface area contributed by atoms with E-state index in [0.29, 0.717) is 11.3 Å². The van der Waals surface area contributed by atoms with E-state index in [0.717, 1.165) is 11.1 Å². The maximum absolute atomic E-state index is 11.4. The number of aryl methyl sites for hydroxylation is 2. The highest BCUT2D eigenvalue weighted by Gasteiger charge is 2.23. The molecule has 4 nitrogen and oxygen atoms in total. The summed E-state index contributed by atoms with van der Waals surface area (Å²) in [5.41, 5.74) is 3.39. The number of hydrazone groups is 1. The Labute approximate surface area is 94.2 Å². The first-order chi connectivity index (χ1) is 7.49. The maximum atomic E-state index is 11.4. The zero-order valence-corrected chi connectivity index (χ0v) is 9.61. The van der Waals surface area contributed by atoms with E-state index in [1.165, 1.54) is 5.01 Å². The average molecular weight is 218 g/mol. The van der Waals surface area contributed by atoms with Crippen molar-refractivity contribution in [3.63, 3.8) is 0 Å². The lowest BCUT2D eigenvalue weighted by atomic mass is 10.0. The predicted molar refractivity (Wildman–Crippen MR) is 61.5 cm³/mol. The Morgan fingerprint density at radius 1 is 1.31 bits per heavy atom. The summed E-state index contributed by atoms with van der Waals surface area (Å²) in [6.07, 6.45) is 0.257. The zero-order chi connectivity index (χ0) is 11.9. The number of nitrogens with zero attached hydrogens (tertiary/aromatic N) is 2. The molecule has 4 heteroatoms. The highest BCUT2D eigenvalue weighted by atomic mass is 16.3. The van der Waals surface area contributed by atoms with Crippen LogP contribution in [0.2, 0.25) is 0 Å². The van der Waals surface area contributed by atoms with Crippen LogP contribution in [0.1, 0.15) is 23.1 Å². The van der Waals surface area contributed by atoms with Crippen LogP contribution in [0.3, 0.4) is 0 Å². The summed E-state index contributed by atoms with van der Waals surface area (Å²) in [5.74, 6) is 0.137. The van der Waals surface area contributed by atoms with Crippen molar-refractivity contribution in [1.82, 2.24) is 5.01 Å². The van der Waals surface area contributed by atoms with Crippen LogP contribution in [-0.4, -0.2) is 28.8 Å². The van der Waals surface area contributed by atoms with Crippen LogP contribution in [0.15, 0.2) is 17.2 Å². The van der Waals surface area contributed by atoms with Crippen molar-refractivity contribution in [3.05, 3.63) is 28.8 Å². The lowest BCUT2D eigenvalue weighted by molar-refractivity contribution is -0.127. The summed E-state index contributed by atoms with van der Waals surface area (Å²) in [5, 5.41) is 15.3. The van der Waals surface area contributed by atoms with Gasteiger partial charge in [0.05, 0.1) is 12.1 Å². The topological polar surface area (TPSA) is 52.9 Å². The lowest BCUT2D eigenvalue weighted by Gasteiger charge is -2.07. The standard InChI is InChI=1S/C12H14N2O2/c1-7-4-9(11(15)5-8(7)2)10-6-12(16)14(3)13-10/h4-5,15H,6H2,1-3H3. The zero-order valence-electron chi connectivity index (χ0n) is 9.61. The van der Waals surface area contributed by atoms with E-state index in [1.54, 1.807) is 13.1 Å². The highest BCUT2D eigenvalue weighted by molar-refractivity contribution is 6.14. The summed E-state index contributed by atoms with van der Waals surface area (Å²) < 4.78 is 0. The number of benzene rings is 1. The minimum Gasteiger partial charge on any atom is -0.507 e. The summed E-state index contributed by atoms with van der Waals surface area (Å²) in [7, 11) is 1.62. The molecule has 1 aromatic carbocycles. The van der Waals surface area contributed by atoms with Gasteiger partial charge < -0.3 is 5.11 Å². The van der Waals surface area contributed by atoms with Crippen LogP contribution in [0.5, 0.6) is 5.75 Å². The Morgan fingerprint density at radius 3 is 2.50 bits per heavy atom. The molecule has 0 saturated carbocycles. The third-order valence-electron chi connectivity index (χ3n) is 2.87. The first-order valence-electron chi connectivity index (χ1n) is 5.13. The molecule has 0 saturated heterocycles. The fourth-order valence-corrected chi connectivity index (χ4v) is 1.71. The van der Waals surface area contributed by atoms with Crippen LogP contribution in [0.4, 0.5) is 0 Å². The molecule has 1 aliphatic heterocycles. The van der Waals surface area contributed by atoms with Crippen molar-refractivity contribution in [1.29, 1.82) is 0 Å². The van der Waals surface area contributed by atoms with Crippen molar-refractivity contribution < 1.29 is 9.90 Å². The van der Waals surface area contributed by atoms with Crippen molar-refractivity contribution >= 4 is 11.6 Å². The molecular formula is C12H14N2O2. The lowest BCUT2D eigenvalue weighted by Crippen LogP contribution is -2.14. The van der Waals surface area contributed by atoms with Gasteiger partial charge in [0.25, 0.3) is 0 Å². The van der Waals surface area contributed by atoms with Gasteiger partial charge in [-0.3, -0.25) is 4.79 Å². The second kappa shape index (κ2) is 3.63. The number of carbonyl (C=O) groups is 1. The number of aromatic hydroxyl groups is 1. The molecule has 84 valence electrons. The minimum atomic E-state index is -0.0485. The monoisotopic (exact) mass is 218 g/mol. The molecule has 0 bridgehead atoms. The van der Waals surface area contributed by atoms with Crippen molar-refractivity contribution in [2.45, 2.75) is 20.3 Å². The third kappa shape index (κ3) is 1.66. The van der Waals surface area contributed by atoms with Gasteiger partial charge in [-0.05, 0) is 37.1 Å². The second-order valence-corrected chi connectivity index (χ2v) is 4.09. The first-order valence-corrected chi connectivity index (χ1v) is 5.13. The van der Waals surface area contributed by atoms with Gasteiger partial charge in [-0.25, -0.2) is 5.01 Å². The Kier molecular flexibility index (Phi) is 2.42. The maximum Gasteiger partial charge on any atom is 0.248 e. The second-order valence-electron chi connectivity index (χ2n) is 4.09. The summed E-state index contributed by atoms with van der Waals surface area (Å²) in [6, 6.07) is 3.58. The molecule has 1 aliphatic rings. The molecular weight excluding hydrogens is 204 g/mol. The van der Waals surface area contributed by atoms with Gasteiger partial charge in [0.1, 0.15) is 5.75 Å². The van der Waals surface area contributed by atoms with Crippen molar-refractivity contribution in [3.8, 4) is 5.75 Å². The quantitative estimate of drug-likeness (QED) is 0.778. The molecule has 0 radical (unpaired) electrons. The molecule has 0 aliphatic carbocycles. The van der Waals surface area contributed by atoms with Gasteiger partial charge in [0.2, 0.25) is 5.91 Å². The van der Waals surface area contributed by atoms with E-state index in [9.17, 15) is 9.90 Å². The normalized spacial score (nSPS) is 15.6. The molecule has 0 spiro atoms. The van der Waals surface area contributed by atoms with E-state index < -0.39 is 0 Å². The van der Waals surface area contributed by atoms with Gasteiger partial charge in [-0.1, -0.05) is 0 Å². The number of carbonyl (C=O) groups excluding carboxylic acids is 1. The molecule has 16 heavy (non-hydrogen) atoms. The summed E-state index contributed by atoms with van der Waals surface area (Å²) in [4.78, 5) is 11.4. The Balaban J connectivity index is 2.46. The van der Waals surface area contributed by atoms with Crippen molar-refractivity contribution in [2.75, 3.05) is 7.05 Å². The largest absolute Gasteiger partial charge is 0.507 e. The molecule has 0 fully saturated rings. The Morgan fingerprint density at radius 2 is 1.94 bits per heavy atom. The number of hydrogen-bond acceptors (Lipinski definition) is 3. The predicted octanol–water partition coefficient (Wildman–Crippen LogP) is 1.58. The number of amides is 1. The Bertz CT molecular complexity index is 492. The van der Waals surface area contributed by atoms with E-state index in [4.69, 9.17) is 0 Å². The summed E-state index contributed by atoms with van der Waals surface area (Å²) >= 11 is 0. The molecule has 1 N–H and O–H groups in total. The van der Waals surface area contributed by atoms with E-state index in [-0.39, 0.29) is 18.1 Å². The smallest absolute Gasteiger partial charge is 0.248 e. The van der Waals surface area contributed by atoms with Crippen LogP contribution < -0.4 is 0 Å². The molecule has 1 amide bonds. The van der Waals surface area contributed by atoms with E-state index in [1.807, 2.05) is 19.9 Å². The van der Waals surface area contributed by atoms with Gasteiger partial charge in [0.15, 0.2) is 0 Å². The third-order valence-corrected chi connectivity index (χ3v) is 2.87. The van der Waals surface area contributed by atoms with Crippen LogP contribution >= 0.6 is 0 Å². The molecule has 0 aromatic heterocycles. The fraction of sp³-hybridized carbons (Fsp3) is 0.333. The average Bonchev–Trinajstić information content (AvgIpc) is 2.53. The van der Waals surface area contributed by atoms with Crippen LogP contribution in [0.25, 0.3) is 0 Å². The molecule has 2 rings (SSSR count). The number of hydrogen-bond donors (Lipinski definition) is 1. The number of phenols is 1. The van der Waals surface area contributed by atoms with Crippen molar-refractivity contribution in [2.24, 2.45) is 5.10 Å². The molecule has 1 aromatic rings. The first kappa shape index (κ1) is 10.7. The molecule has 0 unspecified atom stereocenters. The minimum absolute atomic E-state index is 0.0485. The van der Waals surface area contributed by atoms with E-state index >= 15 is 0 Å². The molecule has 1 heterocycles. The van der Waals surface area contributed by atoms with Gasteiger partial charge in [0, 0.05) is 12.6 Å². The number of rotatable bonds is 1. The SMILES string of the molecule is Cc1cc(O)c(C2=NN(C)C(=O)C2)cc1C. The van der Waals surface area contributed by atoms with Crippen LogP contribution in [0, 0.1) is 13.8 Å². The highest BCUT2D eigenvalue weighted by Crippen LogP contribution is 2.25. The molecule has 0 atom stereocenters. The number of phenolic OH excluding ortho intramolecular Hbond substituents is 1. The van der Waals surface area contributed by atoms with Gasteiger partial charge in [-0.15, -0.1) is 0 Å². The van der Waals surface area contributed by atoms with Gasteiger partial charge in [-0.2, -0.15) is 5.10 Å². The van der Waals surface area contributed by atoms with Gasteiger partial charge >= 0.3 is 0 Å².